The van der Waals surface area contributed by atoms with Crippen molar-refractivity contribution in [2.24, 2.45) is 4.99 Å². The molecular formula is C24H20ClNO3. The molecule has 29 heavy (non-hydrogen) atoms. The van der Waals surface area contributed by atoms with Gasteiger partial charge in [0.2, 0.25) is 0 Å². The number of methoxy groups -OCH3 is 1. The summed E-state index contributed by atoms with van der Waals surface area (Å²) in [5.41, 5.74) is 2.47. The molecule has 0 bridgehead atoms. The zero-order chi connectivity index (χ0) is 20.2. The van der Waals surface area contributed by atoms with Crippen LogP contribution in [-0.4, -0.2) is 13.7 Å². The van der Waals surface area contributed by atoms with Gasteiger partial charge in [-0.2, -0.15) is 0 Å². The van der Waals surface area contributed by atoms with E-state index < -0.39 is 0 Å². The van der Waals surface area contributed by atoms with Gasteiger partial charge >= 0.3 is 0 Å². The van der Waals surface area contributed by atoms with Crippen LogP contribution in [0.15, 0.2) is 82.2 Å². The standard InChI is InChI=1S/C24H20ClNO3/c1-3-28-20-11-7-18(8-12-20)26-22-15-24(16-4-9-19(27-2)10-5-16)29-23-13-6-17(25)14-21(22)23/h4-15H,3H2,1-2H3. The van der Waals surface area contributed by atoms with Crippen molar-refractivity contribution in [2.75, 3.05) is 13.7 Å². The lowest BCUT2D eigenvalue weighted by atomic mass is 10.1. The molecule has 4 nitrogen and oxygen atoms in total. The zero-order valence-corrected chi connectivity index (χ0v) is 16.9. The van der Waals surface area contributed by atoms with Gasteiger partial charge in [0, 0.05) is 22.0 Å². The minimum Gasteiger partial charge on any atom is -0.497 e. The van der Waals surface area contributed by atoms with E-state index in [0.29, 0.717) is 23.0 Å². The van der Waals surface area contributed by atoms with Crippen LogP contribution in [0.1, 0.15) is 6.92 Å². The van der Waals surface area contributed by atoms with Crippen LogP contribution in [0, 0.1) is 0 Å². The monoisotopic (exact) mass is 405 g/mol. The zero-order valence-electron chi connectivity index (χ0n) is 16.2. The number of nitrogens with zero attached hydrogens (tertiary/aromatic N) is 1. The maximum absolute atomic E-state index is 6.23. The highest BCUT2D eigenvalue weighted by molar-refractivity contribution is 6.31. The molecule has 0 saturated carbocycles. The largest absolute Gasteiger partial charge is 0.497 e. The van der Waals surface area contributed by atoms with E-state index >= 15 is 0 Å². The first kappa shape index (κ1) is 19.1. The minimum atomic E-state index is 0.630. The van der Waals surface area contributed by atoms with Crippen LogP contribution in [0.2, 0.25) is 5.02 Å². The smallest absolute Gasteiger partial charge is 0.136 e. The average molecular weight is 406 g/mol. The molecule has 0 saturated heterocycles. The molecule has 146 valence electrons. The molecule has 1 heterocycles. The van der Waals surface area contributed by atoms with Gasteiger partial charge in [-0.05, 0) is 73.7 Å². The first-order valence-corrected chi connectivity index (χ1v) is 9.69. The SMILES string of the molecule is CCOc1ccc(N=c2cc(-c3ccc(OC)cc3)oc3ccc(Cl)cc23)cc1. The second-order valence-corrected chi connectivity index (χ2v) is 6.84. The fourth-order valence-electron chi connectivity index (χ4n) is 3.05. The van der Waals surface area contributed by atoms with Gasteiger partial charge < -0.3 is 13.9 Å². The number of benzene rings is 3. The summed E-state index contributed by atoms with van der Waals surface area (Å²) in [7, 11) is 1.65. The van der Waals surface area contributed by atoms with Gasteiger partial charge in [-0.3, -0.25) is 0 Å². The van der Waals surface area contributed by atoms with Crippen molar-refractivity contribution in [1.29, 1.82) is 0 Å². The molecular weight excluding hydrogens is 386 g/mol. The number of rotatable bonds is 5. The van der Waals surface area contributed by atoms with Crippen molar-refractivity contribution in [3.63, 3.8) is 0 Å². The van der Waals surface area contributed by atoms with Crippen molar-refractivity contribution in [3.8, 4) is 22.8 Å². The Morgan fingerprint density at radius 1 is 0.897 bits per heavy atom. The summed E-state index contributed by atoms with van der Waals surface area (Å²) in [6.07, 6.45) is 0. The Morgan fingerprint density at radius 3 is 2.31 bits per heavy atom. The highest BCUT2D eigenvalue weighted by atomic mass is 35.5. The quantitative estimate of drug-likeness (QED) is 0.386. The second-order valence-electron chi connectivity index (χ2n) is 6.40. The van der Waals surface area contributed by atoms with E-state index in [1.807, 2.05) is 79.7 Å². The van der Waals surface area contributed by atoms with E-state index in [0.717, 1.165) is 33.5 Å². The average Bonchev–Trinajstić information content (AvgIpc) is 2.75. The molecule has 5 heteroatoms. The molecule has 0 N–H and O–H groups in total. The van der Waals surface area contributed by atoms with Crippen LogP contribution in [0.5, 0.6) is 11.5 Å². The molecule has 0 aliphatic heterocycles. The van der Waals surface area contributed by atoms with Crippen molar-refractivity contribution in [1.82, 2.24) is 0 Å². The summed E-state index contributed by atoms with van der Waals surface area (Å²) in [5, 5.41) is 2.26. The lowest BCUT2D eigenvalue weighted by Crippen LogP contribution is -2.03. The Kier molecular flexibility index (Phi) is 5.54. The highest BCUT2D eigenvalue weighted by Gasteiger charge is 2.07. The molecule has 0 amide bonds. The first-order chi connectivity index (χ1) is 14.2. The van der Waals surface area contributed by atoms with Crippen LogP contribution < -0.4 is 14.8 Å². The Labute approximate surface area is 174 Å². The van der Waals surface area contributed by atoms with Gasteiger partial charge in [0.25, 0.3) is 0 Å². The fraction of sp³-hybridized carbons (Fsp3) is 0.125. The van der Waals surface area contributed by atoms with Crippen molar-refractivity contribution >= 4 is 28.3 Å². The van der Waals surface area contributed by atoms with Crippen molar-refractivity contribution in [2.45, 2.75) is 6.92 Å². The summed E-state index contributed by atoms with van der Waals surface area (Å²) in [5.74, 6) is 2.33. The van der Waals surface area contributed by atoms with E-state index in [9.17, 15) is 0 Å². The normalized spacial score (nSPS) is 11.6. The Morgan fingerprint density at radius 2 is 1.62 bits per heavy atom. The molecule has 0 atom stereocenters. The van der Waals surface area contributed by atoms with Crippen LogP contribution >= 0.6 is 11.6 Å². The third kappa shape index (κ3) is 4.28. The maximum Gasteiger partial charge on any atom is 0.136 e. The molecule has 1 aromatic heterocycles. The Bertz CT molecular complexity index is 1200. The van der Waals surface area contributed by atoms with Gasteiger partial charge in [-0.25, -0.2) is 4.99 Å². The van der Waals surface area contributed by atoms with Crippen molar-refractivity contribution < 1.29 is 13.9 Å². The molecule has 0 spiro atoms. The predicted molar refractivity (Wildman–Crippen MR) is 116 cm³/mol. The van der Waals surface area contributed by atoms with Gasteiger partial charge in [-0.1, -0.05) is 11.6 Å². The highest BCUT2D eigenvalue weighted by Crippen LogP contribution is 2.26. The first-order valence-electron chi connectivity index (χ1n) is 9.31. The van der Waals surface area contributed by atoms with Crippen LogP contribution in [-0.2, 0) is 0 Å². The number of fused-ring (bicyclic) bond motifs is 1. The molecule has 0 aliphatic rings. The Balaban J connectivity index is 1.87. The number of halogens is 1. The summed E-state index contributed by atoms with van der Waals surface area (Å²) < 4.78 is 16.9. The van der Waals surface area contributed by atoms with E-state index in [-0.39, 0.29) is 0 Å². The topological polar surface area (TPSA) is 44.0 Å². The number of hydrogen-bond donors (Lipinski definition) is 0. The second kappa shape index (κ2) is 8.41. The van der Waals surface area contributed by atoms with Crippen LogP contribution in [0.3, 0.4) is 0 Å². The third-order valence-electron chi connectivity index (χ3n) is 4.48. The molecule has 4 rings (SSSR count). The van der Waals surface area contributed by atoms with Gasteiger partial charge in [-0.15, -0.1) is 0 Å². The van der Waals surface area contributed by atoms with E-state index in [2.05, 4.69) is 0 Å². The molecule has 0 unspecified atom stereocenters. The lowest BCUT2D eigenvalue weighted by Gasteiger charge is -2.07. The molecule has 0 radical (unpaired) electrons. The van der Waals surface area contributed by atoms with E-state index in [1.54, 1.807) is 7.11 Å². The lowest BCUT2D eigenvalue weighted by molar-refractivity contribution is 0.340. The summed E-state index contributed by atoms with van der Waals surface area (Å²) in [4.78, 5) is 4.83. The predicted octanol–water partition coefficient (Wildman–Crippen LogP) is 6.39. The molecule has 4 aromatic rings. The van der Waals surface area contributed by atoms with Gasteiger partial charge in [0.05, 0.1) is 24.8 Å². The number of hydrogen-bond acceptors (Lipinski definition) is 4. The maximum atomic E-state index is 6.23. The van der Waals surface area contributed by atoms with Crippen molar-refractivity contribution in [3.05, 3.63) is 83.2 Å². The van der Waals surface area contributed by atoms with E-state index in [4.69, 9.17) is 30.5 Å². The fourth-order valence-corrected chi connectivity index (χ4v) is 3.23. The summed E-state index contributed by atoms with van der Waals surface area (Å²) in [6, 6.07) is 22.9. The number of ether oxygens (including phenoxy) is 2. The molecule has 3 aromatic carbocycles. The Hall–Kier alpha value is -3.24. The molecule has 0 aliphatic carbocycles. The summed E-state index contributed by atoms with van der Waals surface area (Å²) in [6.45, 7) is 2.59. The molecule has 0 fully saturated rings. The van der Waals surface area contributed by atoms with E-state index in [1.165, 1.54) is 0 Å². The minimum absolute atomic E-state index is 0.630. The van der Waals surface area contributed by atoms with Crippen LogP contribution in [0.25, 0.3) is 22.3 Å². The van der Waals surface area contributed by atoms with Crippen LogP contribution in [0.4, 0.5) is 5.69 Å². The van der Waals surface area contributed by atoms with Gasteiger partial charge in [0.15, 0.2) is 0 Å². The van der Waals surface area contributed by atoms with Gasteiger partial charge in [0.1, 0.15) is 22.8 Å². The third-order valence-corrected chi connectivity index (χ3v) is 4.71. The summed E-state index contributed by atoms with van der Waals surface area (Å²) >= 11 is 6.23.